The smallest absolute Gasteiger partial charge is 0.255 e. The molecule has 0 saturated carbocycles. The van der Waals surface area contributed by atoms with Crippen molar-refractivity contribution in [2.45, 2.75) is 77.3 Å². The standard InChI is InChI=1S/C30H39Cl2N3O3/c1-3-4-5-6-7-11-14-28(36)33-27(19-23-12-9-8-10-13-23)30(38)34-17-18-35(22(2)21-34)29(37)25-16-15-24(31)20-26(25)32/h8-10,12-13,15-16,20,22,27H,3-7,11,14,17-19,21H2,1-2H3,(H,33,36). The Bertz CT molecular complexity index is 1080. The molecule has 0 radical (unpaired) electrons. The molecule has 6 nitrogen and oxygen atoms in total. The Kier molecular flexibility index (Phi) is 11.9. The second-order valence-electron chi connectivity index (χ2n) is 10.1. The lowest BCUT2D eigenvalue weighted by Gasteiger charge is -2.41. The van der Waals surface area contributed by atoms with E-state index < -0.39 is 6.04 Å². The first-order valence-corrected chi connectivity index (χ1v) is 14.4. The quantitative estimate of drug-likeness (QED) is 0.317. The third-order valence-electron chi connectivity index (χ3n) is 7.03. The number of hydrogen-bond donors (Lipinski definition) is 1. The lowest BCUT2D eigenvalue weighted by Crippen LogP contribution is -2.59. The van der Waals surface area contributed by atoms with Gasteiger partial charge in [-0.2, -0.15) is 0 Å². The number of hydrogen-bond acceptors (Lipinski definition) is 3. The van der Waals surface area contributed by atoms with Crippen LogP contribution >= 0.6 is 23.2 Å². The summed E-state index contributed by atoms with van der Waals surface area (Å²) in [6.07, 6.45) is 7.45. The van der Waals surface area contributed by atoms with Gasteiger partial charge in [-0.05, 0) is 37.1 Å². The highest BCUT2D eigenvalue weighted by atomic mass is 35.5. The molecule has 1 saturated heterocycles. The van der Waals surface area contributed by atoms with Crippen LogP contribution in [0.5, 0.6) is 0 Å². The van der Waals surface area contributed by atoms with E-state index in [2.05, 4.69) is 12.2 Å². The zero-order valence-corrected chi connectivity index (χ0v) is 23.9. The van der Waals surface area contributed by atoms with Crippen LogP contribution in [0.4, 0.5) is 0 Å². The molecule has 1 aliphatic rings. The molecule has 3 rings (SSSR count). The fourth-order valence-electron chi connectivity index (χ4n) is 4.88. The maximum Gasteiger partial charge on any atom is 0.255 e. The van der Waals surface area contributed by atoms with Gasteiger partial charge in [-0.25, -0.2) is 0 Å². The van der Waals surface area contributed by atoms with Gasteiger partial charge in [0, 0.05) is 43.5 Å². The SMILES string of the molecule is CCCCCCCCC(=O)NC(Cc1ccccc1)C(=O)N1CCN(C(=O)c2ccc(Cl)cc2Cl)C(C)C1. The maximum atomic E-state index is 13.6. The normalized spacial score (nSPS) is 16.3. The number of rotatable bonds is 12. The van der Waals surface area contributed by atoms with E-state index in [-0.39, 0.29) is 23.8 Å². The van der Waals surface area contributed by atoms with Crippen LogP contribution in [0, 0.1) is 0 Å². The van der Waals surface area contributed by atoms with Gasteiger partial charge in [0.1, 0.15) is 6.04 Å². The first-order valence-electron chi connectivity index (χ1n) is 13.7. The summed E-state index contributed by atoms with van der Waals surface area (Å²) < 4.78 is 0. The first-order chi connectivity index (χ1) is 18.3. The van der Waals surface area contributed by atoms with Crippen LogP contribution in [0.2, 0.25) is 10.0 Å². The summed E-state index contributed by atoms with van der Waals surface area (Å²) in [5.74, 6) is -0.387. The van der Waals surface area contributed by atoms with Crippen molar-refractivity contribution in [1.82, 2.24) is 15.1 Å². The molecule has 0 aromatic heterocycles. The summed E-state index contributed by atoms with van der Waals surface area (Å²) in [7, 11) is 0. The topological polar surface area (TPSA) is 69.7 Å². The first kappa shape index (κ1) is 30.0. The molecule has 0 bridgehead atoms. The maximum absolute atomic E-state index is 13.6. The summed E-state index contributed by atoms with van der Waals surface area (Å²) in [5.41, 5.74) is 1.39. The fourth-order valence-corrected chi connectivity index (χ4v) is 5.37. The third kappa shape index (κ3) is 8.74. The van der Waals surface area contributed by atoms with Crippen molar-refractivity contribution >= 4 is 40.9 Å². The second kappa shape index (κ2) is 15.1. The molecule has 1 fully saturated rings. The molecule has 0 spiro atoms. The van der Waals surface area contributed by atoms with Gasteiger partial charge >= 0.3 is 0 Å². The predicted molar refractivity (Wildman–Crippen MR) is 154 cm³/mol. The number of carbonyl (C=O) groups excluding carboxylic acids is 3. The van der Waals surface area contributed by atoms with Crippen LogP contribution in [0.25, 0.3) is 0 Å². The predicted octanol–water partition coefficient (Wildman–Crippen LogP) is 6.14. The molecule has 8 heteroatoms. The molecular weight excluding hydrogens is 521 g/mol. The van der Waals surface area contributed by atoms with Crippen molar-refractivity contribution < 1.29 is 14.4 Å². The number of nitrogens with one attached hydrogen (secondary N) is 1. The Morgan fingerprint density at radius 2 is 1.68 bits per heavy atom. The molecule has 2 unspecified atom stereocenters. The number of piperazine rings is 1. The number of carbonyl (C=O) groups is 3. The lowest BCUT2D eigenvalue weighted by atomic mass is 10.0. The Morgan fingerprint density at radius 3 is 2.37 bits per heavy atom. The zero-order valence-electron chi connectivity index (χ0n) is 22.4. The van der Waals surface area contributed by atoms with Crippen molar-refractivity contribution in [2.75, 3.05) is 19.6 Å². The number of halogens is 2. The minimum absolute atomic E-state index is 0.0889. The largest absolute Gasteiger partial charge is 0.344 e. The summed E-state index contributed by atoms with van der Waals surface area (Å²) in [4.78, 5) is 43.1. The minimum atomic E-state index is -0.648. The Labute approximate surface area is 236 Å². The number of unbranched alkanes of at least 4 members (excludes halogenated alkanes) is 5. The monoisotopic (exact) mass is 559 g/mol. The van der Waals surface area contributed by atoms with Gasteiger partial charge in [0.25, 0.3) is 5.91 Å². The highest BCUT2D eigenvalue weighted by Crippen LogP contribution is 2.24. The molecule has 2 aromatic rings. The van der Waals surface area contributed by atoms with E-state index in [1.807, 2.05) is 37.3 Å². The van der Waals surface area contributed by atoms with E-state index in [0.29, 0.717) is 48.1 Å². The van der Waals surface area contributed by atoms with E-state index in [4.69, 9.17) is 23.2 Å². The van der Waals surface area contributed by atoms with Crippen molar-refractivity contribution in [3.8, 4) is 0 Å². The minimum Gasteiger partial charge on any atom is -0.344 e. The average molecular weight is 561 g/mol. The molecule has 0 aliphatic carbocycles. The van der Waals surface area contributed by atoms with Gasteiger partial charge in [-0.15, -0.1) is 0 Å². The van der Waals surface area contributed by atoms with E-state index in [0.717, 1.165) is 24.8 Å². The van der Waals surface area contributed by atoms with Gasteiger partial charge in [-0.1, -0.05) is 92.6 Å². The lowest BCUT2D eigenvalue weighted by molar-refractivity contribution is -0.138. The zero-order chi connectivity index (χ0) is 27.5. The second-order valence-corrected chi connectivity index (χ2v) is 10.9. The van der Waals surface area contributed by atoms with E-state index >= 15 is 0 Å². The molecule has 1 heterocycles. The summed E-state index contributed by atoms with van der Waals surface area (Å²) in [5, 5.41) is 3.79. The van der Waals surface area contributed by atoms with Gasteiger partial charge in [0.15, 0.2) is 0 Å². The third-order valence-corrected chi connectivity index (χ3v) is 7.58. The molecule has 1 aliphatic heterocycles. The molecule has 3 amide bonds. The number of benzene rings is 2. The summed E-state index contributed by atoms with van der Waals surface area (Å²) in [6, 6.07) is 13.7. The molecule has 2 aromatic carbocycles. The number of amides is 3. The van der Waals surface area contributed by atoms with Crippen molar-refractivity contribution in [3.63, 3.8) is 0 Å². The van der Waals surface area contributed by atoms with Crippen LogP contribution in [0.3, 0.4) is 0 Å². The summed E-state index contributed by atoms with van der Waals surface area (Å²) in [6.45, 7) is 5.26. The van der Waals surface area contributed by atoms with E-state index in [1.54, 1.807) is 28.0 Å². The summed E-state index contributed by atoms with van der Waals surface area (Å²) >= 11 is 12.3. The Hall–Kier alpha value is -2.57. The Morgan fingerprint density at radius 1 is 0.974 bits per heavy atom. The van der Waals surface area contributed by atoms with Gasteiger partial charge < -0.3 is 15.1 Å². The highest BCUT2D eigenvalue weighted by molar-refractivity contribution is 6.36. The van der Waals surface area contributed by atoms with Gasteiger partial charge in [-0.3, -0.25) is 14.4 Å². The van der Waals surface area contributed by atoms with E-state index in [9.17, 15) is 14.4 Å². The van der Waals surface area contributed by atoms with Crippen LogP contribution in [0.1, 0.15) is 74.7 Å². The van der Waals surface area contributed by atoms with Gasteiger partial charge in [0.05, 0.1) is 10.6 Å². The molecule has 2 atom stereocenters. The number of nitrogens with zero attached hydrogens (tertiary/aromatic N) is 2. The molecule has 1 N–H and O–H groups in total. The van der Waals surface area contributed by atoms with Crippen molar-refractivity contribution in [1.29, 1.82) is 0 Å². The van der Waals surface area contributed by atoms with Gasteiger partial charge in [0.2, 0.25) is 11.8 Å². The van der Waals surface area contributed by atoms with Crippen LogP contribution in [0.15, 0.2) is 48.5 Å². The highest BCUT2D eigenvalue weighted by Gasteiger charge is 2.34. The average Bonchev–Trinajstić information content (AvgIpc) is 2.90. The van der Waals surface area contributed by atoms with Crippen molar-refractivity contribution in [3.05, 3.63) is 69.7 Å². The van der Waals surface area contributed by atoms with Crippen molar-refractivity contribution in [2.24, 2.45) is 0 Å². The van der Waals surface area contributed by atoms with E-state index in [1.165, 1.54) is 19.3 Å². The molecule has 206 valence electrons. The van der Waals surface area contributed by atoms with Crippen LogP contribution < -0.4 is 5.32 Å². The fraction of sp³-hybridized carbons (Fsp3) is 0.500. The van der Waals surface area contributed by atoms with Crippen LogP contribution in [-0.2, 0) is 16.0 Å². The van der Waals surface area contributed by atoms with Crippen LogP contribution in [-0.4, -0.2) is 59.2 Å². The molecule has 38 heavy (non-hydrogen) atoms. The Balaban J connectivity index is 1.62. The molecular formula is C30H39Cl2N3O3.